The van der Waals surface area contributed by atoms with Crippen LogP contribution in [0.1, 0.15) is 0 Å². The van der Waals surface area contributed by atoms with Crippen molar-refractivity contribution in [2.24, 2.45) is 0 Å². The van der Waals surface area contributed by atoms with Gasteiger partial charge in [-0.1, -0.05) is 0 Å². The maximum absolute atomic E-state index is 3.19. The number of H-pyrrole nitrogens is 1. The Morgan fingerprint density at radius 2 is 2.10 bits per heavy atom. The molecule has 2 heteroatoms. The van der Waals surface area contributed by atoms with Crippen LogP contribution in [0.25, 0.3) is 10.9 Å². The number of hydrogen-bond donors (Lipinski definition) is 1. The SMILES string of the molecule is [Li][c]1cccc2cc[nH]c12. The summed E-state index contributed by atoms with van der Waals surface area (Å²) in [4.78, 5) is 3.19. The van der Waals surface area contributed by atoms with E-state index < -0.39 is 0 Å². The summed E-state index contributed by atoms with van der Waals surface area (Å²) in [6, 6.07) is 8.38. The molecule has 44 valence electrons. The number of rotatable bonds is 0. The number of fused-ring (bicyclic) bond motifs is 1. The summed E-state index contributed by atoms with van der Waals surface area (Å²) in [6.07, 6.45) is 1.97. The Kier molecular flexibility index (Phi) is 1.34. The average Bonchev–Trinajstić information content (AvgIpc) is 2.36. The van der Waals surface area contributed by atoms with Crippen LogP contribution in [-0.2, 0) is 0 Å². The van der Waals surface area contributed by atoms with Gasteiger partial charge in [-0.2, -0.15) is 0 Å². The molecule has 1 aromatic carbocycles. The van der Waals surface area contributed by atoms with E-state index in [1.165, 1.54) is 15.1 Å². The van der Waals surface area contributed by atoms with Gasteiger partial charge >= 0.3 is 68.3 Å². The summed E-state index contributed by atoms with van der Waals surface area (Å²) in [5, 5.41) is 1.29. The van der Waals surface area contributed by atoms with Crippen LogP contribution in [0.15, 0.2) is 30.5 Å². The molecule has 0 radical (unpaired) electrons. The summed E-state index contributed by atoms with van der Waals surface area (Å²) in [5.41, 5.74) is 1.25. The van der Waals surface area contributed by atoms with Gasteiger partial charge in [-0.3, -0.25) is 0 Å². The van der Waals surface area contributed by atoms with Crippen molar-refractivity contribution in [3.63, 3.8) is 0 Å². The molecule has 0 atom stereocenters. The van der Waals surface area contributed by atoms with Crippen LogP contribution < -0.4 is 4.24 Å². The summed E-state index contributed by atoms with van der Waals surface area (Å²) < 4.78 is 1.31. The van der Waals surface area contributed by atoms with E-state index in [1.807, 2.05) is 6.20 Å². The van der Waals surface area contributed by atoms with Gasteiger partial charge in [0.2, 0.25) is 0 Å². The number of aromatic nitrogens is 1. The van der Waals surface area contributed by atoms with Gasteiger partial charge in [-0.05, 0) is 0 Å². The van der Waals surface area contributed by atoms with Gasteiger partial charge < -0.3 is 0 Å². The summed E-state index contributed by atoms with van der Waals surface area (Å²) in [7, 11) is 0. The standard InChI is InChI=1S/C8H6N.Li/c1-2-4-8-7(3-1)5-6-9-8;/h1-3,5-6,9H;. The number of benzene rings is 1. The molecule has 2 aromatic rings. The second-order valence-corrected chi connectivity index (χ2v) is 2.52. The van der Waals surface area contributed by atoms with Crippen molar-refractivity contribution in [2.75, 3.05) is 0 Å². The molecule has 0 amide bonds. The summed E-state index contributed by atoms with van der Waals surface area (Å²) in [6.45, 7) is 0. The van der Waals surface area contributed by atoms with Crippen molar-refractivity contribution in [3.8, 4) is 0 Å². The topological polar surface area (TPSA) is 15.8 Å². The summed E-state index contributed by atoms with van der Waals surface area (Å²) in [5.74, 6) is 0. The van der Waals surface area contributed by atoms with Crippen LogP contribution in [0.3, 0.4) is 0 Å². The second-order valence-electron chi connectivity index (χ2n) is 2.52. The molecule has 0 aliphatic rings. The fourth-order valence-electron chi connectivity index (χ4n) is 1.24. The number of hydrogen-bond acceptors (Lipinski definition) is 0. The molecule has 1 aromatic heterocycles. The van der Waals surface area contributed by atoms with Gasteiger partial charge in [0.1, 0.15) is 0 Å². The zero-order valence-electron chi connectivity index (χ0n) is 5.89. The van der Waals surface area contributed by atoms with Crippen LogP contribution in [0.2, 0.25) is 0 Å². The molecule has 0 unspecified atom stereocenters. The molecule has 0 aliphatic carbocycles. The number of para-hydroxylation sites is 1. The maximum atomic E-state index is 3.19. The molecule has 0 aliphatic heterocycles. The number of nitrogens with one attached hydrogen (secondary N) is 1. The van der Waals surface area contributed by atoms with E-state index in [-0.39, 0.29) is 0 Å². The Balaban J connectivity index is 2.95. The molecule has 0 saturated carbocycles. The number of aromatic amines is 1. The normalized spacial score (nSPS) is 10.6. The van der Waals surface area contributed by atoms with Gasteiger partial charge in [-0.15, -0.1) is 0 Å². The first-order valence-corrected chi connectivity index (χ1v) is 3.40. The predicted octanol–water partition coefficient (Wildman–Crippen LogP) is 0.962. The Hall–Kier alpha value is -0.643. The minimum absolute atomic E-state index is 1.25. The molecule has 1 nitrogen and oxygen atoms in total. The van der Waals surface area contributed by atoms with E-state index in [0.717, 1.165) is 0 Å². The molecule has 0 spiro atoms. The molecular weight excluding hydrogens is 117 g/mol. The third kappa shape index (κ3) is 0.794. The Morgan fingerprint density at radius 3 is 2.90 bits per heavy atom. The monoisotopic (exact) mass is 123 g/mol. The van der Waals surface area contributed by atoms with E-state index in [1.54, 1.807) is 0 Å². The molecule has 1 N–H and O–H groups in total. The fraction of sp³-hybridized carbons (Fsp3) is 0. The van der Waals surface area contributed by atoms with Gasteiger partial charge in [0.05, 0.1) is 0 Å². The van der Waals surface area contributed by atoms with Crippen LogP contribution in [0, 0.1) is 0 Å². The molecule has 0 bridgehead atoms. The van der Waals surface area contributed by atoms with Crippen LogP contribution in [0.4, 0.5) is 0 Å². The van der Waals surface area contributed by atoms with E-state index in [0.29, 0.717) is 0 Å². The van der Waals surface area contributed by atoms with Gasteiger partial charge in [-0.25, -0.2) is 0 Å². The van der Waals surface area contributed by atoms with E-state index in [2.05, 4.69) is 47.0 Å². The fourth-order valence-corrected chi connectivity index (χ4v) is 1.24. The zero-order chi connectivity index (χ0) is 6.97. The van der Waals surface area contributed by atoms with Crippen LogP contribution >= 0.6 is 0 Å². The Labute approximate surface area is 68.6 Å². The average molecular weight is 123 g/mol. The van der Waals surface area contributed by atoms with Gasteiger partial charge in [0.15, 0.2) is 0 Å². The van der Waals surface area contributed by atoms with E-state index in [9.17, 15) is 0 Å². The van der Waals surface area contributed by atoms with Gasteiger partial charge in [0.25, 0.3) is 0 Å². The quantitative estimate of drug-likeness (QED) is 0.502. The van der Waals surface area contributed by atoms with Crippen molar-refractivity contribution in [1.29, 1.82) is 0 Å². The Bertz CT molecular complexity index is 351. The molecule has 10 heavy (non-hydrogen) atoms. The van der Waals surface area contributed by atoms with Crippen molar-refractivity contribution in [3.05, 3.63) is 30.5 Å². The van der Waals surface area contributed by atoms with Crippen molar-refractivity contribution in [1.82, 2.24) is 4.98 Å². The molecule has 0 saturated heterocycles. The van der Waals surface area contributed by atoms with Crippen LogP contribution in [0.5, 0.6) is 0 Å². The molecule has 0 fully saturated rings. The van der Waals surface area contributed by atoms with E-state index >= 15 is 0 Å². The molecular formula is C8H6LiN. The summed E-state index contributed by atoms with van der Waals surface area (Å²) >= 11 is 2.11. The zero-order valence-corrected chi connectivity index (χ0v) is 5.89. The first-order valence-electron chi connectivity index (χ1n) is 3.40. The first-order chi connectivity index (χ1) is 4.88. The predicted molar refractivity (Wildman–Crippen MR) is 43.7 cm³/mol. The van der Waals surface area contributed by atoms with Crippen molar-refractivity contribution < 1.29 is 0 Å². The minimum atomic E-state index is 1.25. The van der Waals surface area contributed by atoms with Gasteiger partial charge in [0, 0.05) is 0 Å². The third-order valence-corrected chi connectivity index (χ3v) is 1.80. The van der Waals surface area contributed by atoms with Crippen LogP contribution in [-0.4, -0.2) is 22.7 Å². The second kappa shape index (κ2) is 2.19. The van der Waals surface area contributed by atoms with Crippen molar-refractivity contribution in [2.45, 2.75) is 0 Å². The first kappa shape index (κ1) is 6.09. The molecule has 2 rings (SSSR count). The van der Waals surface area contributed by atoms with Crippen molar-refractivity contribution >= 4 is 32.9 Å². The van der Waals surface area contributed by atoms with E-state index in [4.69, 9.17) is 0 Å². The third-order valence-electron chi connectivity index (χ3n) is 1.80. The Morgan fingerprint density at radius 1 is 1.20 bits per heavy atom. The molecule has 1 heterocycles.